The third-order valence-corrected chi connectivity index (χ3v) is 2.76. The van der Waals surface area contributed by atoms with E-state index in [-0.39, 0.29) is 11.9 Å². The van der Waals surface area contributed by atoms with Crippen LogP contribution in [0.1, 0.15) is 13.8 Å². The normalized spacial score (nSPS) is 24.2. The minimum Gasteiger partial charge on any atom is -0.481 e. The fourth-order valence-electron chi connectivity index (χ4n) is 1.79. The number of aliphatic carboxylic acids is 1. The zero-order valence-electron chi connectivity index (χ0n) is 9.69. The topological polar surface area (TPSA) is 69.6 Å². The van der Waals surface area contributed by atoms with E-state index in [0.29, 0.717) is 19.6 Å². The Kier molecular flexibility index (Phi) is 3.93. The molecule has 5 nitrogen and oxygen atoms in total. The van der Waals surface area contributed by atoms with Gasteiger partial charge in [-0.05, 0) is 12.8 Å². The highest BCUT2D eigenvalue weighted by Gasteiger charge is 2.36. The maximum atomic E-state index is 11.6. The molecule has 0 aromatic heterocycles. The Balaban J connectivity index is 2.48. The van der Waals surface area contributed by atoms with E-state index in [4.69, 9.17) is 5.11 Å². The van der Waals surface area contributed by atoms with Gasteiger partial charge in [0.05, 0.1) is 5.92 Å². The van der Waals surface area contributed by atoms with Crippen molar-refractivity contribution in [2.75, 3.05) is 19.6 Å². The standard InChI is InChI=1S/C11H18N2O3/c1-7(2)4-12-11(16)13-5-8(3)9(6-13)10(14)15/h8-9H,1,4-6H2,2-3H3,(H,12,16)(H,14,15)/t8-,9-/m1/s1. The third kappa shape index (κ3) is 2.98. The summed E-state index contributed by atoms with van der Waals surface area (Å²) in [5.74, 6) is -1.27. The van der Waals surface area contributed by atoms with Gasteiger partial charge in [-0.15, -0.1) is 0 Å². The van der Waals surface area contributed by atoms with Crippen molar-refractivity contribution >= 4 is 12.0 Å². The number of carbonyl (C=O) groups excluding carboxylic acids is 1. The Bertz CT molecular complexity index is 314. The molecule has 1 heterocycles. The first-order valence-electron chi connectivity index (χ1n) is 5.31. The van der Waals surface area contributed by atoms with Crippen molar-refractivity contribution in [1.82, 2.24) is 10.2 Å². The van der Waals surface area contributed by atoms with Gasteiger partial charge in [0, 0.05) is 19.6 Å². The third-order valence-electron chi connectivity index (χ3n) is 2.76. The second kappa shape index (κ2) is 5.01. The first-order valence-corrected chi connectivity index (χ1v) is 5.31. The molecule has 0 bridgehead atoms. The summed E-state index contributed by atoms with van der Waals surface area (Å²) < 4.78 is 0. The van der Waals surface area contributed by atoms with Gasteiger partial charge < -0.3 is 15.3 Å². The Morgan fingerprint density at radius 2 is 2.12 bits per heavy atom. The van der Waals surface area contributed by atoms with Crippen LogP contribution in [0.5, 0.6) is 0 Å². The highest BCUT2D eigenvalue weighted by Crippen LogP contribution is 2.22. The molecule has 0 aromatic carbocycles. The number of nitrogens with one attached hydrogen (secondary N) is 1. The van der Waals surface area contributed by atoms with Crippen LogP contribution in [0.3, 0.4) is 0 Å². The van der Waals surface area contributed by atoms with Gasteiger partial charge in [0.1, 0.15) is 0 Å². The monoisotopic (exact) mass is 226 g/mol. The SMILES string of the molecule is C=C(C)CNC(=O)N1C[C@@H](C)[C@H](C(=O)O)C1. The molecule has 1 rings (SSSR count). The number of hydrogen-bond donors (Lipinski definition) is 2. The van der Waals surface area contributed by atoms with Gasteiger partial charge in [0.15, 0.2) is 0 Å². The van der Waals surface area contributed by atoms with E-state index in [0.717, 1.165) is 5.57 Å². The van der Waals surface area contributed by atoms with Crippen molar-refractivity contribution in [2.24, 2.45) is 11.8 Å². The molecule has 1 saturated heterocycles. The van der Waals surface area contributed by atoms with Crippen LogP contribution in [0.4, 0.5) is 4.79 Å². The molecular weight excluding hydrogens is 208 g/mol. The summed E-state index contributed by atoms with van der Waals surface area (Å²) in [6.07, 6.45) is 0. The van der Waals surface area contributed by atoms with Crippen molar-refractivity contribution in [2.45, 2.75) is 13.8 Å². The van der Waals surface area contributed by atoms with Crippen LogP contribution in [-0.2, 0) is 4.79 Å². The number of rotatable bonds is 3. The smallest absolute Gasteiger partial charge is 0.317 e. The largest absolute Gasteiger partial charge is 0.481 e. The van der Waals surface area contributed by atoms with Crippen LogP contribution in [0.15, 0.2) is 12.2 Å². The molecule has 2 N–H and O–H groups in total. The number of urea groups is 1. The second-order valence-corrected chi connectivity index (χ2v) is 4.44. The van der Waals surface area contributed by atoms with Crippen LogP contribution in [0, 0.1) is 11.8 Å². The molecule has 0 radical (unpaired) electrons. The summed E-state index contributed by atoms with van der Waals surface area (Å²) in [6, 6.07) is -0.210. The Morgan fingerprint density at radius 1 is 1.50 bits per heavy atom. The molecule has 0 saturated carbocycles. The predicted molar refractivity (Wildman–Crippen MR) is 60.1 cm³/mol. The summed E-state index contributed by atoms with van der Waals surface area (Å²) in [5.41, 5.74) is 0.871. The van der Waals surface area contributed by atoms with Crippen molar-refractivity contribution in [3.63, 3.8) is 0 Å². The number of amides is 2. The van der Waals surface area contributed by atoms with Gasteiger partial charge >= 0.3 is 12.0 Å². The number of hydrogen-bond acceptors (Lipinski definition) is 2. The second-order valence-electron chi connectivity index (χ2n) is 4.44. The summed E-state index contributed by atoms with van der Waals surface area (Å²) in [6.45, 7) is 8.58. The van der Waals surface area contributed by atoms with Crippen LogP contribution < -0.4 is 5.32 Å². The lowest BCUT2D eigenvalue weighted by molar-refractivity contribution is -0.142. The van der Waals surface area contributed by atoms with E-state index >= 15 is 0 Å². The number of nitrogens with zero attached hydrogens (tertiary/aromatic N) is 1. The molecule has 0 spiro atoms. The van der Waals surface area contributed by atoms with Gasteiger partial charge in [-0.3, -0.25) is 4.79 Å². The average Bonchev–Trinajstić information content (AvgIpc) is 2.56. The molecule has 0 unspecified atom stereocenters. The zero-order chi connectivity index (χ0) is 12.3. The Morgan fingerprint density at radius 3 is 2.56 bits per heavy atom. The summed E-state index contributed by atoms with van der Waals surface area (Å²) in [5, 5.41) is 11.6. The lowest BCUT2D eigenvalue weighted by atomic mass is 9.99. The van der Waals surface area contributed by atoms with Gasteiger partial charge in [-0.1, -0.05) is 19.1 Å². The summed E-state index contributed by atoms with van der Waals surface area (Å²) in [7, 11) is 0. The van der Waals surface area contributed by atoms with Gasteiger partial charge in [0.2, 0.25) is 0 Å². The van der Waals surface area contributed by atoms with Crippen LogP contribution in [0.2, 0.25) is 0 Å². The molecule has 0 aromatic rings. The molecule has 2 amide bonds. The zero-order valence-corrected chi connectivity index (χ0v) is 9.69. The Hall–Kier alpha value is -1.52. The van der Waals surface area contributed by atoms with Crippen molar-refractivity contribution in [3.8, 4) is 0 Å². The first kappa shape index (κ1) is 12.5. The summed E-state index contributed by atoms with van der Waals surface area (Å²) in [4.78, 5) is 24.1. The molecule has 1 aliphatic rings. The fourth-order valence-corrected chi connectivity index (χ4v) is 1.79. The lowest BCUT2D eigenvalue weighted by Crippen LogP contribution is -2.39. The average molecular weight is 226 g/mol. The molecular formula is C11H18N2O3. The molecule has 2 atom stereocenters. The van der Waals surface area contributed by atoms with Gasteiger partial charge in [-0.25, -0.2) is 4.79 Å². The van der Waals surface area contributed by atoms with Crippen LogP contribution >= 0.6 is 0 Å². The fraction of sp³-hybridized carbons (Fsp3) is 0.636. The minimum absolute atomic E-state index is 0.00748. The quantitative estimate of drug-likeness (QED) is 0.703. The minimum atomic E-state index is -0.831. The van der Waals surface area contributed by atoms with Crippen molar-refractivity contribution in [3.05, 3.63) is 12.2 Å². The molecule has 1 fully saturated rings. The van der Waals surface area contributed by atoms with E-state index < -0.39 is 11.9 Å². The predicted octanol–water partition coefficient (Wildman–Crippen LogP) is 0.925. The van der Waals surface area contributed by atoms with E-state index in [9.17, 15) is 9.59 Å². The summed E-state index contributed by atoms with van der Waals surface area (Å²) >= 11 is 0. The Labute approximate surface area is 95.1 Å². The molecule has 90 valence electrons. The first-order chi connectivity index (χ1) is 7.41. The molecule has 0 aliphatic carbocycles. The number of likely N-dealkylation sites (tertiary alicyclic amines) is 1. The van der Waals surface area contributed by atoms with Gasteiger partial charge in [-0.2, -0.15) is 0 Å². The van der Waals surface area contributed by atoms with E-state index in [1.165, 1.54) is 0 Å². The highest BCUT2D eigenvalue weighted by atomic mass is 16.4. The van der Waals surface area contributed by atoms with Crippen LogP contribution in [0.25, 0.3) is 0 Å². The number of carboxylic acid groups (broad SMARTS) is 1. The van der Waals surface area contributed by atoms with Crippen molar-refractivity contribution < 1.29 is 14.7 Å². The van der Waals surface area contributed by atoms with Gasteiger partial charge in [0.25, 0.3) is 0 Å². The van der Waals surface area contributed by atoms with Crippen LogP contribution in [-0.4, -0.2) is 41.6 Å². The van der Waals surface area contributed by atoms with E-state index in [1.807, 2.05) is 13.8 Å². The number of carbonyl (C=O) groups is 2. The highest BCUT2D eigenvalue weighted by molar-refractivity contribution is 5.77. The molecule has 1 aliphatic heterocycles. The lowest BCUT2D eigenvalue weighted by Gasteiger charge is -2.16. The van der Waals surface area contributed by atoms with E-state index in [1.54, 1.807) is 4.90 Å². The molecule has 5 heteroatoms. The maximum absolute atomic E-state index is 11.6. The molecule has 16 heavy (non-hydrogen) atoms. The van der Waals surface area contributed by atoms with Crippen molar-refractivity contribution in [1.29, 1.82) is 0 Å². The van der Waals surface area contributed by atoms with E-state index in [2.05, 4.69) is 11.9 Å². The maximum Gasteiger partial charge on any atom is 0.317 e. The number of carboxylic acids is 1.